The third-order valence-electron chi connectivity index (χ3n) is 6.62. The molecule has 0 radical (unpaired) electrons. The molecule has 0 N–H and O–H groups in total. The van der Waals surface area contributed by atoms with Gasteiger partial charge in [-0.3, -0.25) is 9.69 Å². The number of rotatable bonds is 3. The molecular formula is C22H32N4O2. The van der Waals surface area contributed by atoms with Gasteiger partial charge in [0.25, 0.3) is 0 Å². The van der Waals surface area contributed by atoms with Crippen molar-refractivity contribution < 1.29 is 9.59 Å². The van der Waals surface area contributed by atoms with Crippen LogP contribution in [0.3, 0.4) is 0 Å². The SMILES string of the molecule is CC(=O)c1ccc(N2CCN(C(=O)N3CCN(C4CCCC4)CC3)CC2)cc1. The van der Waals surface area contributed by atoms with E-state index in [9.17, 15) is 9.59 Å². The molecule has 152 valence electrons. The minimum atomic E-state index is 0.0926. The van der Waals surface area contributed by atoms with Gasteiger partial charge >= 0.3 is 6.03 Å². The summed E-state index contributed by atoms with van der Waals surface area (Å²) in [7, 11) is 0. The average Bonchev–Trinajstić information content (AvgIpc) is 3.28. The van der Waals surface area contributed by atoms with Crippen molar-refractivity contribution in [2.45, 2.75) is 38.6 Å². The Morgan fingerprint density at radius 2 is 1.32 bits per heavy atom. The maximum Gasteiger partial charge on any atom is 0.320 e. The fourth-order valence-corrected chi connectivity index (χ4v) is 4.81. The van der Waals surface area contributed by atoms with E-state index in [1.807, 2.05) is 34.1 Å². The standard InChI is InChI=1S/C22H32N4O2/c1-18(27)19-6-8-21(9-7-19)24-12-16-26(17-13-24)22(28)25-14-10-23(11-15-25)20-4-2-3-5-20/h6-9,20H,2-5,10-17H2,1H3. The molecule has 6 heteroatoms. The molecular weight excluding hydrogens is 352 g/mol. The van der Waals surface area contributed by atoms with Crippen LogP contribution in [0.1, 0.15) is 43.0 Å². The van der Waals surface area contributed by atoms with Crippen LogP contribution in [0.25, 0.3) is 0 Å². The summed E-state index contributed by atoms with van der Waals surface area (Å²) >= 11 is 0. The largest absolute Gasteiger partial charge is 0.368 e. The smallest absolute Gasteiger partial charge is 0.320 e. The predicted octanol–water partition coefficient (Wildman–Crippen LogP) is 2.69. The molecule has 0 bridgehead atoms. The van der Waals surface area contributed by atoms with E-state index in [0.717, 1.165) is 69.7 Å². The highest BCUT2D eigenvalue weighted by Crippen LogP contribution is 2.25. The number of anilines is 1. The number of piperazine rings is 2. The van der Waals surface area contributed by atoms with Gasteiger partial charge in [-0.15, -0.1) is 0 Å². The number of carbonyl (C=O) groups is 2. The van der Waals surface area contributed by atoms with Crippen molar-refractivity contribution in [3.63, 3.8) is 0 Å². The highest BCUT2D eigenvalue weighted by Gasteiger charge is 2.30. The van der Waals surface area contributed by atoms with Gasteiger partial charge in [0.15, 0.2) is 5.78 Å². The second kappa shape index (κ2) is 8.52. The zero-order valence-electron chi connectivity index (χ0n) is 17.0. The van der Waals surface area contributed by atoms with E-state index in [2.05, 4.69) is 9.80 Å². The second-order valence-electron chi connectivity index (χ2n) is 8.32. The Morgan fingerprint density at radius 1 is 0.786 bits per heavy atom. The van der Waals surface area contributed by atoms with E-state index >= 15 is 0 Å². The Labute approximate surface area is 168 Å². The van der Waals surface area contributed by atoms with E-state index in [1.54, 1.807) is 6.92 Å². The predicted molar refractivity (Wildman–Crippen MR) is 111 cm³/mol. The summed E-state index contributed by atoms with van der Waals surface area (Å²) in [6, 6.07) is 8.76. The molecule has 1 aromatic rings. The van der Waals surface area contributed by atoms with Crippen LogP contribution in [-0.4, -0.2) is 84.9 Å². The Morgan fingerprint density at radius 3 is 1.86 bits per heavy atom. The molecule has 3 fully saturated rings. The maximum atomic E-state index is 12.9. The topological polar surface area (TPSA) is 47.1 Å². The van der Waals surface area contributed by atoms with Crippen LogP contribution in [0, 0.1) is 0 Å². The lowest BCUT2D eigenvalue weighted by atomic mass is 10.1. The Balaban J connectivity index is 1.25. The fraction of sp³-hybridized carbons (Fsp3) is 0.636. The van der Waals surface area contributed by atoms with Gasteiger partial charge in [0.2, 0.25) is 0 Å². The molecule has 2 saturated heterocycles. The van der Waals surface area contributed by atoms with Crippen molar-refractivity contribution in [3.05, 3.63) is 29.8 Å². The third kappa shape index (κ3) is 4.17. The van der Waals surface area contributed by atoms with Gasteiger partial charge in [-0.25, -0.2) is 4.79 Å². The molecule has 1 aromatic carbocycles. The highest BCUT2D eigenvalue weighted by molar-refractivity contribution is 5.94. The summed E-state index contributed by atoms with van der Waals surface area (Å²) in [6.45, 7) is 8.57. The normalized spacial score (nSPS) is 22.0. The first-order valence-electron chi connectivity index (χ1n) is 10.8. The fourth-order valence-electron chi connectivity index (χ4n) is 4.81. The lowest BCUT2D eigenvalue weighted by molar-refractivity contribution is 0.0909. The molecule has 28 heavy (non-hydrogen) atoms. The van der Waals surface area contributed by atoms with Gasteiger partial charge in [-0.05, 0) is 44.0 Å². The van der Waals surface area contributed by atoms with Crippen molar-refractivity contribution in [2.24, 2.45) is 0 Å². The number of benzene rings is 1. The second-order valence-corrected chi connectivity index (χ2v) is 8.32. The molecule has 2 amide bonds. The van der Waals surface area contributed by atoms with Crippen LogP contribution < -0.4 is 4.90 Å². The first-order valence-corrected chi connectivity index (χ1v) is 10.8. The van der Waals surface area contributed by atoms with Crippen LogP contribution in [0.4, 0.5) is 10.5 Å². The summed E-state index contributed by atoms with van der Waals surface area (Å²) < 4.78 is 0. The number of amides is 2. The minimum absolute atomic E-state index is 0.0926. The van der Waals surface area contributed by atoms with Crippen molar-refractivity contribution in [1.82, 2.24) is 14.7 Å². The first kappa shape index (κ1) is 19.2. The lowest BCUT2D eigenvalue weighted by Crippen LogP contribution is -2.57. The zero-order valence-corrected chi connectivity index (χ0v) is 17.0. The van der Waals surface area contributed by atoms with E-state index < -0.39 is 0 Å². The summed E-state index contributed by atoms with van der Waals surface area (Å²) in [5.41, 5.74) is 1.87. The zero-order chi connectivity index (χ0) is 19.5. The molecule has 0 unspecified atom stereocenters. The molecule has 1 aliphatic carbocycles. The van der Waals surface area contributed by atoms with Gasteiger partial charge < -0.3 is 14.7 Å². The van der Waals surface area contributed by atoms with Gasteiger partial charge in [0.1, 0.15) is 0 Å². The number of carbonyl (C=O) groups excluding carboxylic acids is 2. The summed E-state index contributed by atoms with van der Waals surface area (Å²) in [5.74, 6) is 0.0926. The molecule has 0 aromatic heterocycles. The van der Waals surface area contributed by atoms with Gasteiger partial charge in [0.05, 0.1) is 0 Å². The molecule has 6 nitrogen and oxygen atoms in total. The molecule has 4 rings (SSSR count). The highest BCUT2D eigenvalue weighted by atomic mass is 16.2. The molecule has 2 heterocycles. The number of hydrogen-bond donors (Lipinski definition) is 0. The van der Waals surface area contributed by atoms with Crippen LogP contribution in [0.15, 0.2) is 24.3 Å². The number of urea groups is 1. The molecule has 1 saturated carbocycles. The van der Waals surface area contributed by atoms with E-state index in [1.165, 1.54) is 25.7 Å². The molecule has 0 atom stereocenters. The van der Waals surface area contributed by atoms with Crippen molar-refractivity contribution in [3.8, 4) is 0 Å². The van der Waals surface area contributed by atoms with Gasteiger partial charge in [0, 0.05) is 69.7 Å². The van der Waals surface area contributed by atoms with Crippen molar-refractivity contribution in [1.29, 1.82) is 0 Å². The van der Waals surface area contributed by atoms with E-state index in [0.29, 0.717) is 0 Å². The third-order valence-corrected chi connectivity index (χ3v) is 6.62. The van der Waals surface area contributed by atoms with Gasteiger partial charge in [-0.1, -0.05) is 12.8 Å². The number of hydrogen-bond acceptors (Lipinski definition) is 4. The van der Waals surface area contributed by atoms with Crippen molar-refractivity contribution >= 4 is 17.5 Å². The quantitative estimate of drug-likeness (QED) is 0.752. The van der Waals surface area contributed by atoms with Gasteiger partial charge in [-0.2, -0.15) is 0 Å². The Kier molecular flexibility index (Phi) is 5.85. The van der Waals surface area contributed by atoms with Crippen LogP contribution >= 0.6 is 0 Å². The maximum absolute atomic E-state index is 12.9. The first-order chi connectivity index (χ1) is 13.6. The molecule has 0 spiro atoms. The number of nitrogens with zero attached hydrogens (tertiary/aromatic N) is 4. The molecule has 2 aliphatic heterocycles. The lowest BCUT2D eigenvalue weighted by Gasteiger charge is -2.42. The van der Waals surface area contributed by atoms with E-state index in [4.69, 9.17) is 0 Å². The molecule has 3 aliphatic rings. The summed E-state index contributed by atoms with van der Waals surface area (Å²) in [6.07, 6.45) is 5.41. The summed E-state index contributed by atoms with van der Waals surface area (Å²) in [5, 5.41) is 0. The monoisotopic (exact) mass is 384 g/mol. The Hall–Kier alpha value is -2.08. The van der Waals surface area contributed by atoms with Crippen LogP contribution in [0.2, 0.25) is 0 Å². The number of Topliss-reactive ketones (excluding diaryl/α,β-unsaturated/α-hetero) is 1. The van der Waals surface area contributed by atoms with Crippen LogP contribution in [0.5, 0.6) is 0 Å². The van der Waals surface area contributed by atoms with E-state index in [-0.39, 0.29) is 11.8 Å². The summed E-state index contributed by atoms with van der Waals surface area (Å²) in [4.78, 5) is 33.3. The van der Waals surface area contributed by atoms with Crippen molar-refractivity contribution in [2.75, 3.05) is 57.3 Å². The average molecular weight is 385 g/mol. The Bertz CT molecular complexity index is 683. The minimum Gasteiger partial charge on any atom is -0.368 e. The van der Waals surface area contributed by atoms with Crippen LogP contribution in [-0.2, 0) is 0 Å². The number of ketones is 1.